The number of benzene rings is 3. The monoisotopic (exact) mass is 512 g/mol. The van der Waals surface area contributed by atoms with Crippen LogP contribution in [-0.4, -0.2) is 17.5 Å². The van der Waals surface area contributed by atoms with E-state index in [1.807, 2.05) is 18.2 Å². The lowest BCUT2D eigenvalue weighted by Gasteiger charge is -2.19. The maximum atomic E-state index is 12.8. The molecule has 1 aliphatic carbocycles. The molecule has 2 N–H and O–H groups in total. The van der Waals surface area contributed by atoms with E-state index >= 15 is 0 Å². The molecule has 0 heterocycles. The lowest BCUT2D eigenvalue weighted by Crippen LogP contribution is -2.28. The van der Waals surface area contributed by atoms with Crippen molar-refractivity contribution >= 4 is 40.8 Å². The number of hydrogen-bond donors (Lipinski definition) is 2. The van der Waals surface area contributed by atoms with Gasteiger partial charge in [0.15, 0.2) is 0 Å². The normalized spacial score (nSPS) is 13.5. The van der Waals surface area contributed by atoms with E-state index < -0.39 is 0 Å². The summed E-state index contributed by atoms with van der Waals surface area (Å²) >= 11 is 6.22. The predicted octanol–water partition coefficient (Wildman–Crippen LogP) is 7.07. The smallest absolute Gasteiger partial charge is 0.255 e. The van der Waals surface area contributed by atoms with E-state index in [9.17, 15) is 14.4 Å². The zero-order chi connectivity index (χ0) is 26.5. The van der Waals surface area contributed by atoms with E-state index in [0.29, 0.717) is 16.7 Å². The number of carbonyl (C=O) groups excluding carboxylic acids is 3. The first-order valence-corrected chi connectivity index (χ1v) is 12.7. The molecule has 37 heavy (non-hydrogen) atoms. The first-order valence-electron chi connectivity index (χ1n) is 12.3. The van der Waals surface area contributed by atoms with Crippen molar-refractivity contribution < 1.29 is 14.4 Å². The summed E-state index contributed by atoms with van der Waals surface area (Å²) in [5.74, 6) is -0.894. The van der Waals surface area contributed by atoms with Crippen molar-refractivity contribution in [1.29, 1.82) is 0 Å². The Morgan fingerprint density at radius 2 is 1.62 bits per heavy atom. The molecule has 0 aromatic heterocycles. The van der Waals surface area contributed by atoms with E-state index in [4.69, 9.17) is 11.6 Å². The van der Waals surface area contributed by atoms with Gasteiger partial charge in [-0.05, 0) is 61.2 Å². The summed E-state index contributed by atoms with van der Waals surface area (Å²) < 4.78 is 0. The van der Waals surface area contributed by atoms with Crippen LogP contribution < -0.4 is 10.6 Å². The number of allylic oxidation sites excluding steroid dienone is 3. The van der Waals surface area contributed by atoms with Gasteiger partial charge in [-0.15, -0.1) is 0 Å². The predicted molar refractivity (Wildman–Crippen MR) is 149 cm³/mol. The van der Waals surface area contributed by atoms with Crippen molar-refractivity contribution in [3.05, 3.63) is 116 Å². The van der Waals surface area contributed by atoms with Crippen molar-refractivity contribution in [2.75, 3.05) is 5.32 Å². The van der Waals surface area contributed by atoms with Gasteiger partial charge < -0.3 is 10.6 Å². The molecule has 188 valence electrons. The number of hydrogen-bond acceptors (Lipinski definition) is 4. The molecule has 0 unspecified atom stereocenters. The number of aryl methyl sites for hydroxylation is 1. The summed E-state index contributed by atoms with van der Waals surface area (Å²) in [4.78, 5) is 38.2. The van der Waals surface area contributed by atoms with Gasteiger partial charge >= 0.3 is 0 Å². The fraction of sp³-hybridized carbons (Fsp3) is 0.194. The first-order chi connectivity index (χ1) is 17.8. The van der Waals surface area contributed by atoms with Crippen LogP contribution in [0.2, 0.25) is 0 Å². The van der Waals surface area contributed by atoms with Crippen LogP contribution in [0, 0.1) is 6.92 Å². The second kappa shape index (κ2) is 11.4. The van der Waals surface area contributed by atoms with Crippen LogP contribution in [0.4, 0.5) is 5.69 Å². The number of fused-ring (bicyclic) bond motifs is 1. The van der Waals surface area contributed by atoms with Crippen LogP contribution in [0.15, 0.2) is 83.0 Å². The summed E-state index contributed by atoms with van der Waals surface area (Å²) in [6.07, 6.45) is 4.30. The number of anilines is 1. The van der Waals surface area contributed by atoms with Crippen molar-refractivity contribution in [3.8, 4) is 0 Å². The highest BCUT2D eigenvalue weighted by Gasteiger charge is 2.30. The molecule has 0 spiro atoms. The van der Waals surface area contributed by atoms with Gasteiger partial charge in [-0.25, -0.2) is 0 Å². The van der Waals surface area contributed by atoms with Gasteiger partial charge in [0.1, 0.15) is 10.7 Å². The van der Waals surface area contributed by atoms with E-state index in [1.54, 1.807) is 48.5 Å². The topological polar surface area (TPSA) is 75.3 Å². The second-order valence-corrected chi connectivity index (χ2v) is 9.59. The van der Waals surface area contributed by atoms with Gasteiger partial charge in [0, 0.05) is 28.9 Å². The maximum absolute atomic E-state index is 12.8. The molecular weight excluding hydrogens is 484 g/mol. The van der Waals surface area contributed by atoms with Crippen LogP contribution >= 0.6 is 11.6 Å². The number of rotatable bonds is 8. The molecule has 1 amide bonds. The minimum absolute atomic E-state index is 0.0885. The minimum Gasteiger partial charge on any atom is -0.376 e. The summed E-state index contributed by atoms with van der Waals surface area (Å²) in [5.41, 5.74) is 6.37. The Morgan fingerprint density at radius 3 is 2.30 bits per heavy atom. The number of amides is 1. The van der Waals surface area contributed by atoms with Gasteiger partial charge in [-0.1, -0.05) is 79.1 Å². The third kappa shape index (κ3) is 5.89. The highest BCUT2D eigenvalue weighted by atomic mass is 35.5. The lowest BCUT2D eigenvalue weighted by molar-refractivity contribution is 0.0974. The summed E-state index contributed by atoms with van der Waals surface area (Å²) in [5, 5.41) is 5.86. The second-order valence-electron chi connectivity index (χ2n) is 9.21. The van der Waals surface area contributed by atoms with Crippen LogP contribution in [0.1, 0.15) is 74.5 Å². The van der Waals surface area contributed by atoms with E-state index in [-0.39, 0.29) is 34.7 Å². The Hall–Kier alpha value is -3.96. The third-order valence-corrected chi connectivity index (χ3v) is 6.69. The molecule has 0 radical (unpaired) electrons. The molecule has 6 heteroatoms. The van der Waals surface area contributed by atoms with Crippen LogP contribution in [0.5, 0.6) is 0 Å². The van der Waals surface area contributed by atoms with E-state index in [2.05, 4.69) is 37.5 Å². The van der Waals surface area contributed by atoms with Crippen LogP contribution in [0.3, 0.4) is 0 Å². The Balaban J connectivity index is 1.42. The lowest BCUT2D eigenvalue weighted by atomic mass is 9.92. The molecule has 3 aromatic rings. The van der Waals surface area contributed by atoms with E-state index in [0.717, 1.165) is 35.2 Å². The standard InChI is InChI=1S/C31H29ClN2O3/c1-4-7-19(2)16-23-17-24(15-10-20(23)3)34-31(37)22-13-11-21(12-14-22)18-33-28-27(32)29(35)25-8-5-6-9-26(25)30(28)36/h5-6,8-17,33H,4,7,18H2,1-3H3,(H,34,37)/b19-16-. The molecule has 0 saturated carbocycles. The average Bonchev–Trinajstić information content (AvgIpc) is 2.89. The summed E-state index contributed by atoms with van der Waals surface area (Å²) in [6, 6.07) is 19.6. The first kappa shape index (κ1) is 26.1. The van der Waals surface area contributed by atoms with Gasteiger partial charge in [-0.3, -0.25) is 14.4 Å². The van der Waals surface area contributed by atoms with Crippen molar-refractivity contribution in [1.82, 2.24) is 5.32 Å². The highest BCUT2D eigenvalue weighted by molar-refractivity contribution is 6.49. The number of ketones is 2. The molecule has 0 atom stereocenters. The summed E-state index contributed by atoms with van der Waals surface area (Å²) in [6.45, 7) is 6.61. The van der Waals surface area contributed by atoms with E-state index in [1.165, 1.54) is 5.57 Å². The zero-order valence-corrected chi connectivity index (χ0v) is 21.9. The van der Waals surface area contributed by atoms with Gasteiger partial charge in [0.05, 0.1) is 0 Å². The zero-order valence-electron chi connectivity index (χ0n) is 21.2. The summed E-state index contributed by atoms with van der Waals surface area (Å²) in [7, 11) is 0. The Labute approximate surface area is 222 Å². The Bertz CT molecular complexity index is 1440. The van der Waals surface area contributed by atoms with Crippen molar-refractivity contribution in [2.24, 2.45) is 0 Å². The molecule has 4 rings (SSSR count). The van der Waals surface area contributed by atoms with Crippen molar-refractivity contribution in [2.45, 2.75) is 40.2 Å². The van der Waals surface area contributed by atoms with Gasteiger partial charge in [0.25, 0.3) is 5.91 Å². The molecular formula is C31H29ClN2O3. The van der Waals surface area contributed by atoms with Crippen LogP contribution in [-0.2, 0) is 6.54 Å². The number of Topliss-reactive ketones (excluding diaryl/α,β-unsaturated/α-hetero) is 2. The Kier molecular flexibility index (Phi) is 8.04. The highest BCUT2D eigenvalue weighted by Crippen LogP contribution is 2.27. The van der Waals surface area contributed by atoms with Gasteiger partial charge in [0.2, 0.25) is 11.6 Å². The fourth-order valence-electron chi connectivity index (χ4n) is 4.28. The fourth-order valence-corrected chi connectivity index (χ4v) is 4.53. The largest absolute Gasteiger partial charge is 0.376 e. The molecule has 0 bridgehead atoms. The number of halogens is 1. The minimum atomic E-state index is -0.373. The van der Waals surface area contributed by atoms with Gasteiger partial charge in [-0.2, -0.15) is 0 Å². The molecule has 3 aromatic carbocycles. The quantitative estimate of drug-likeness (QED) is 0.338. The maximum Gasteiger partial charge on any atom is 0.255 e. The molecule has 1 aliphatic rings. The number of nitrogens with one attached hydrogen (secondary N) is 2. The van der Waals surface area contributed by atoms with Crippen LogP contribution in [0.25, 0.3) is 6.08 Å². The average molecular weight is 513 g/mol. The molecule has 0 saturated heterocycles. The molecule has 5 nitrogen and oxygen atoms in total. The van der Waals surface area contributed by atoms with Crippen molar-refractivity contribution in [3.63, 3.8) is 0 Å². The number of carbonyl (C=O) groups is 3. The Morgan fingerprint density at radius 1 is 0.946 bits per heavy atom. The molecule has 0 fully saturated rings. The molecule has 0 aliphatic heterocycles. The SMILES string of the molecule is CCC/C(C)=C\c1cc(NC(=O)c2ccc(CNC3=C(Cl)C(=O)c4ccccc4C3=O)cc2)ccc1C. The third-order valence-electron chi connectivity index (χ3n) is 6.33.